The van der Waals surface area contributed by atoms with Crippen LogP contribution in [-0.2, 0) is 11.3 Å². The molecule has 1 atom stereocenters. The van der Waals surface area contributed by atoms with Crippen LogP contribution in [0.1, 0.15) is 34.6 Å². The van der Waals surface area contributed by atoms with Crippen molar-refractivity contribution in [3.05, 3.63) is 59.5 Å². The first-order chi connectivity index (χ1) is 11.5. The first-order valence-electron chi connectivity index (χ1n) is 7.56. The highest BCUT2D eigenvalue weighted by Gasteiger charge is 2.28. The second-order valence-corrected chi connectivity index (χ2v) is 5.55. The Bertz CT molecular complexity index is 737. The van der Waals surface area contributed by atoms with Crippen molar-refractivity contribution in [3.8, 4) is 0 Å². The molecule has 2 N–H and O–H groups in total. The molecule has 7 heteroatoms. The number of carbonyl (C=O) groups excluding carboxylic acids is 3. The van der Waals surface area contributed by atoms with E-state index < -0.39 is 6.03 Å². The van der Waals surface area contributed by atoms with Gasteiger partial charge in [0.15, 0.2) is 0 Å². The molecule has 2 aromatic rings. The summed E-state index contributed by atoms with van der Waals surface area (Å²) < 4.78 is 5.26. The molecular weight excluding hydrogens is 310 g/mol. The van der Waals surface area contributed by atoms with Crippen molar-refractivity contribution >= 4 is 17.8 Å². The molecule has 0 spiro atoms. The molecule has 0 aliphatic carbocycles. The second-order valence-electron chi connectivity index (χ2n) is 5.55. The summed E-state index contributed by atoms with van der Waals surface area (Å²) in [4.78, 5) is 36.5. The number of hydrogen-bond acceptors (Lipinski definition) is 4. The lowest BCUT2D eigenvalue weighted by Gasteiger charge is -2.13. The highest BCUT2D eigenvalue weighted by molar-refractivity contribution is 6.01. The van der Waals surface area contributed by atoms with Gasteiger partial charge in [-0.1, -0.05) is 12.1 Å². The monoisotopic (exact) mass is 327 g/mol. The molecule has 1 aliphatic heterocycles. The quantitative estimate of drug-likeness (QED) is 0.820. The van der Waals surface area contributed by atoms with Crippen molar-refractivity contribution in [2.75, 3.05) is 6.54 Å². The topological polar surface area (TPSA) is 91.7 Å². The molecule has 7 nitrogen and oxygen atoms in total. The number of amides is 4. The van der Waals surface area contributed by atoms with Crippen molar-refractivity contribution in [2.45, 2.75) is 19.5 Å². The van der Waals surface area contributed by atoms with Gasteiger partial charge in [0.25, 0.3) is 5.91 Å². The number of rotatable bonds is 5. The Labute approximate surface area is 138 Å². The SMILES string of the molecule is CC(NC(=O)c1ccc(CN2C(=O)CNC2=O)cc1)c1ccco1. The van der Waals surface area contributed by atoms with E-state index in [1.807, 2.05) is 6.92 Å². The van der Waals surface area contributed by atoms with Crippen LogP contribution < -0.4 is 10.6 Å². The van der Waals surface area contributed by atoms with Gasteiger partial charge in [0.05, 0.1) is 25.4 Å². The first kappa shape index (κ1) is 15.8. The maximum absolute atomic E-state index is 12.2. The summed E-state index contributed by atoms with van der Waals surface area (Å²) in [6.07, 6.45) is 1.56. The fourth-order valence-electron chi connectivity index (χ4n) is 2.45. The van der Waals surface area contributed by atoms with Crippen LogP contribution in [0, 0.1) is 0 Å². The van der Waals surface area contributed by atoms with Crippen LogP contribution in [0.4, 0.5) is 4.79 Å². The van der Waals surface area contributed by atoms with Crippen LogP contribution >= 0.6 is 0 Å². The number of imide groups is 1. The number of hydrogen-bond donors (Lipinski definition) is 2. The first-order valence-corrected chi connectivity index (χ1v) is 7.56. The van der Waals surface area contributed by atoms with Gasteiger partial charge in [0.1, 0.15) is 5.76 Å². The maximum Gasteiger partial charge on any atom is 0.324 e. The fraction of sp³-hybridized carbons (Fsp3) is 0.235. The summed E-state index contributed by atoms with van der Waals surface area (Å²) in [5.41, 5.74) is 1.27. The summed E-state index contributed by atoms with van der Waals surface area (Å²) in [6.45, 7) is 2.06. The Morgan fingerprint density at radius 3 is 2.62 bits per heavy atom. The predicted molar refractivity (Wildman–Crippen MR) is 85.0 cm³/mol. The molecule has 0 radical (unpaired) electrons. The van der Waals surface area contributed by atoms with Crippen molar-refractivity contribution in [3.63, 3.8) is 0 Å². The fourth-order valence-corrected chi connectivity index (χ4v) is 2.45. The minimum absolute atomic E-state index is 0.0317. The zero-order valence-electron chi connectivity index (χ0n) is 13.1. The van der Waals surface area contributed by atoms with Gasteiger partial charge < -0.3 is 15.1 Å². The predicted octanol–water partition coefficient (Wildman–Crippen LogP) is 1.82. The minimum Gasteiger partial charge on any atom is -0.467 e. The third-order valence-corrected chi connectivity index (χ3v) is 3.81. The van der Waals surface area contributed by atoms with Crippen molar-refractivity contribution < 1.29 is 18.8 Å². The van der Waals surface area contributed by atoms with Crippen LogP contribution in [0.25, 0.3) is 0 Å². The number of carbonyl (C=O) groups is 3. The lowest BCUT2D eigenvalue weighted by Crippen LogP contribution is -2.30. The number of furan rings is 1. The van der Waals surface area contributed by atoms with Gasteiger partial charge in [0.2, 0.25) is 5.91 Å². The van der Waals surface area contributed by atoms with E-state index in [9.17, 15) is 14.4 Å². The van der Waals surface area contributed by atoms with Crippen LogP contribution in [0.15, 0.2) is 47.1 Å². The smallest absolute Gasteiger partial charge is 0.324 e. The average Bonchev–Trinajstić information content (AvgIpc) is 3.21. The van der Waals surface area contributed by atoms with Gasteiger partial charge in [-0.3, -0.25) is 14.5 Å². The van der Waals surface area contributed by atoms with Gasteiger partial charge in [0, 0.05) is 5.56 Å². The number of nitrogens with zero attached hydrogens (tertiary/aromatic N) is 1. The standard InChI is InChI=1S/C17H17N3O4/c1-11(14-3-2-8-24-14)19-16(22)13-6-4-12(5-7-13)10-20-15(21)9-18-17(20)23/h2-8,11H,9-10H2,1H3,(H,18,23)(H,19,22). The van der Waals surface area contributed by atoms with Gasteiger partial charge in [-0.2, -0.15) is 0 Å². The minimum atomic E-state index is -0.394. The zero-order valence-corrected chi connectivity index (χ0v) is 13.1. The molecule has 24 heavy (non-hydrogen) atoms. The Morgan fingerprint density at radius 1 is 1.29 bits per heavy atom. The Kier molecular flexibility index (Phi) is 4.33. The normalized spacial score (nSPS) is 15.3. The van der Waals surface area contributed by atoms with E-state index in [0.29, 0.717) is 11.3 Å². The van der Waals surface area contributed by atoms with E-state index in [1.165, 1.54) is 0 Å². The molecule has 1 aliphatic rings. The highest BCUT2D eigenvalue weighted by atomic mass is 16.3. The largest absolute Gasteiger partial charge is 0.467 e. The molecule has 124 valence electrons. The number of benzene rings is 1. The highest BCUT2D eigenvalue weighted by Crippen LogP contribution is 2.14. The Morgan fingerprint density at radius 2 is 2.04 bits per heavy atom. The van der Waals surface area contributed by atoms with Crippen LogP contribution in [0.2, 0.25) is 0 Å². The molecule has 3 rings (SSSR count). The van der Waals surface area contributed by atoms with E-state index >= 15 is 0 Å². The number of urea groups is 1. The molecule has 0 bridgehead atoms. The summed E-state index contributed by atoms with van der Waals surface area (Å²) >= 11 is 0. The molecular formula is C17H17N3O4. The number of nitrogens with one attached hydrogen (secondary N) is 2. The van der Waals surface area contributed by atoms with Crippen molar-refractivity contribution in [1.82, 2.24) is 15.5 Å². The summed E-state index contributed by atoms with van der Waals surface area (Å²) in [7, 11) is 0. The summed E-state index contributed by atoms with van der Waals surface area (Å²) in [5, 5.41) is 5.31. The van der Waals surface area contributed by atoms with Gasteiger partial charge >= 0.3 is 6.03 Å². The summed E-state index contributed by atoms with van der Waals surface area (Å²) in [6, 6.07) is 9.72. The average molecular weight is 327 g/mol. The van der Waals surface area contributed by atoms with Crippen molar-refractivity contribution in [2.24, 2.45) is 0 Å². The lowest BCUT2D eigenvalue weighted by atomic mass is 10.1. The van der Waals surface area contributed by atoms with Crippen LogP contribution in [-0.4, -0.2) is 29.3 Å². The molecule has 1 fully saturated rings. The molecule has 0 saturated carbocycles. The van der Waals surface area contributed by atoms with E-state index in [1.54, 1.807) is 42.7 Å². The molecule has 1 unspecified atom stereocenters. The van der Waals surface area contributed by atoms with Crippen molar-refractivity contribution in [1.29, 1.82) is 0 Å². The third-order valence-electron chi connectivity index (χ3n) is 3.81. The van der Waals surface area contributed by atoms with E-state index in [-0.39, 0.29) is 30.9 Å². The van der Waals surface area contributed by atoms with Gasteiger partial charge in [-0.15, -0.1) is 0 Å². The second kappa shape index (κ2) is 6.57. The molecule has 1 aromatic heterocycles. The maximum atomic E-state index is 12.2. The van der Waals surface area contributed by atoms with E-state index in [4.69, 9.17) is 4.42 Å². The molecule has 2 heterocycles. The van der Waals surface area contributed by atoms with Gasteiger partial charge in [-0.25, -0.2) is 4.79 Å². The van der Waals surface area contributed by atoms with E-state index in [0.717, 1.165) is 10.5 Å². The summed E-state index contributed by atoms with van der Waals surface area (Å²) in [5.74, 6) is 0.202. The van der Waals surface area contributed by atoms with E-state index in [2.05, 4.69) is 10.6 Å². The Balaban J connectivity index is 1.62. The molecule has 1 aromatic carbocycles. The van der Waals surface area contributed by atoms with Gasteiger partial charge in [-0.05, 0) is 36.8 Å². The molecule has 1 saturated heterocycles. The Hall–Kier alpha value is -3.09. The van der Waals surface area contributed by atoms with Crippen LogP contribution in [0.3, 0.4) is 0 Å². The van der Waals surface area contributed by atoms with Crippen LogP contribution in [0.5, 0.6) is 0 Å². The zero-order chi connectivity index (χ0) is 17.1. The lowest BCUT2D eigenvalue weighted by molar-refractivity contribution is -0.125. The third kappa shape index (κ3) is 3.29. The molecule has 4 amide bonds.